The lowest BCUT2D eigenvalue weighted by Gasteiger charge is -2.13. The maximum atomic E-state index is 13.1. The first-order valence-electron chi connectivity index (χ1n) is 7.09. The molecule has 0 saturated heterocycles. The molecule has 24 heavy (non-hydrogen) atoms. The summed E-state index contributed by atoms with van der Waals surface area (Å²) >= 11 is 0. The van der Waals surface area contributed by atoms with E-state index in [0.717, 1.165) is 12.1 Å². The maximum absolute atomic E-state index is 13.1. The third kappa shape index (κ3) is 5.20. The quantitative estimate of drug-likeness (QED) is 0.853. The van der Waals surface area contributed by atoms with E-state index in [1.165, 1.54) is 0 Å². The van der Waals surface area contributed by atoms with E-state index < -0.39 is 27.4 Å². The topological polar surface area (TPSA) is 75.2 Å². The van der Waals surface area contributed by atoms with Gasteiger partial charge in [-0.2, -0.15) is 0 Å². The van der Waals surface area contributed by atoms with Crippen molar-refractivity contribution in [3.8, 4) is 0 Å². The summed E-state index contributed by atoms with van der Waals surface area (Å²) in [5.74, 6) is -1.21. The lowest BCUT2D eigenvalue weighted by molar-refractivity contribution is 0.573. The fourth-order valence-corrected chi connectivity index (χ4v) is 3.12. The summed E-state index contributed by atoms with van der Waals surface area (Å²) in [4.78, 5) is 10.2. The van der Waals surface area contributed by atoms with Crippen molar-refractivity contribution in [3.63, 3.8) is 0 Å². The SMILES string of the molecule is Cc1cc(N(C)C)nc(CNS(=O)(=O)Cc2cc(F)cc(F)c2)n1. The highest BCUT2D eigenvalue weighted by Gasteiger charge is 2.14. The molecule has 0 spiro atoms. The number of anilines is 1. The second-order valence-corrected chi connectivity index (χ2v) is 7.34. The van der Waals surface area contributed by atoms with Crippen molar-refractivity contribution < 1.29 is 17.2 Å². The van der Waals surface area contributed by atoms with Crippen LogP contribution in [0.2, 0.25) is 0 Å². The van der Waals surface area contributed by atoms with Gasteiger partial charge < -0.3 is 4.90 Å². The van der Waals surface area contributed by atoms with E-state index in [0.29, 0.717) is 23.4 Å². The zero-order valence-electron chi connectivity index (χ0n) is 13.5. The Bertz CT molecular complexity index is 821. The molecule has 130 valence electrons. The van der Waals surface area contributed by atoms with Crippen LogP contribution >= 0.6 is 0 Å². The zero-order chi connectivity index (χ0) is 17.9. The molecule has 0 bridgehead atoms. The average molecular weight is 356 g/mol. The normalized spacial score (nSPS) is 11.5. The molecule has 0 radical (unpaired) electrons. The fraction of sp³-hybridized carbons (Fsp3) is 0.333. The molecule has 6 nitrogen and oxygen atoms in total. The van der Waals surface area contributed by atoms with Gasteiger partial charge in [0.15, 0.2) is 0 Å². The summed E-state index contributed by atoms with van der Waals surface area (Å²) in [6, 6.07) is 4.42. The van der Waals surface area contributed by atoms with E-state index in [1.54, 1.807) is 17.9 Å². The summed E-state index contributed by atoms with van der Waals surface area (Å²) in [6.45, 7) is 1.67. The molecule has 1 aromatic heterocycles. The van der Waals surface area contributed by atoms with Crippen LogP contribution in [0.5, 0.6) is 0 Å². The second-order valence-electron chi connectivity index (χ2n) is 5.54. The van der Waals surface area contributed by atoms with Crippen LogP contribution in [0, 0.1) is 18.6 Å². The second kappa shape index (κ2) is 7.18. The lowest BCUT2D eigenvalue weighted by atomic mass is 10.2. The van der Waals surface area contributed by atoms with Crippen LogP contribution < -0.4 is 9.62 Å². The van der Waals surface area contributed by atoms with Gasteiger partial charge in [-0.05, 0) is 24.6 Å². The molecule has 1 aromatic carbocycles. The highest BCUT2D eigenvalue weighted by molar-refractivity contribution is 7.88. The Morgan fingerprint density at radius 3 is 2.29 bits per heavy atom. The third-order valence-electron chi connectivity index (χ3n) is 3.07. The molecule has 1 N–H and O–H groups in total. The van der Waals surface area contributed by atoms with Gasteiger partial charge in [-0.25, -0.2) is 31.9 Å². The minimum absolute atomic E-state index is 0.0270. The van der Waals surface area contributed by atoms with Crippen molar-refractivity contribution in [2.75, 3.05) is 19.0 Å². The first-order chi connectivity index (χ1) is 11.1. The predicted octanol–water partition coefficient (Wildman–Crippen LogP) is 1.75. The third-order valence-corrected chi connectivity index (χ3v) is 4.37. The highest BCUT2D eigenvalue weighted by Crippen LogP contribution is 2.12. The summed E-state index contributed by atoms with van der Waals surface area (Å²) in [5, 5.41) is 0. The monoisotopic (exact) mass is 356 g/mol. The van der Waals surface area contributed by atoms with E-state index in [9.17, 15) is 17.2 Å². The smallest absolute Gasteiger partial charge is 0.216 e. The number of aromatic nitrogens is 2. The van der Waals surface area contributed by atoms with E-state index in [-0.39, 0.29) is 12.1 Å². The molecule has 0 aliphatic heterocycles. The van der Waals surface area contributed by atoms with Gasteiger partial charge >= 0.3 is 0 Å². The molecule has 1 heterocycles. The van der Waals surface area contributed by atoms with Crippen LogP contribution in [0.15, 0.2) is 24.3 Å². The first kappa shape index (κ1) is 18.2. The van der Waals surface area contributed by atoms with Crippen LogP contribution in [0.4, 0.5) is 14.6 Å². The Kier molecular flexibility index (Phi) is 5.45. The van der Waals surface area contributed by atoms with Crippen molar-refractivity contribution in [3.05, 3.63) is 53.0 Å². The zero-order valence-corrected chi connectivity index (χ0v) is 14.4. The number of halogens is 2. The van der Waals surface area contributed by atoms with Crippen molar-refractivity contribution in [2.45, 2.75) is 19.2 Å². The van der Waals surface area contributed by atoms with Crippen molar-refractivity contribution >= 4 is 15.8 Å². The van der Waals surface area contributed by atoms with Gasteiger partial charge in [0.25, 0.3) is 0 Å². The lowest BCUT2D eigenvalue weighted by Crippen LogP contribution is -2.26. The van der Waals surface area contributed by atoms with Crippen molar-refractivity contribution in [1.29, 1.82) is 0 Å². The number of nitrogens with one attached hydrogen (secondary N) is 1. The number of hydrogen-bond donors (Lipinski definition) is 1. The Labute approximate surface area is 139 Å². The number of aryl methyl sites for hydroxylation is 1. The molecule has 2 aromatic rings. The first-order valence-corrected chi connectivity index (χ1v) is 8.74. The summed E-state index contributed by atoms with van der Waals surface area (Å²) in [6.07, 6.45) is 0. The molecule has 0 amide bonds. The molecule has 0 saturated carbocycles. The number of nitrogens with zero attached hydrogens (tertiary/aromatic N) is 3. The van der Waals surface area contributed by atoms with Crippen LogP contribution in [-0.2, 0) is 22.3 Å². The standard InChI is InChI=1S/C15H18F2N4O2S/c1-10-4-15(21(2)3)20-14(19-10)8-18-24(22,23)9-11-5-12(16)7-13(17)6-11/h4-7,18H,8-9H2,1-3H3. The summed E-state index contributed by atoms with van der Waals surface area (Å²) in [5.41, 5.74) is 0.731. The predicted molar refractivity (Wildman–Crippen MR) is 86.9 cm³/mol. The molecule has 0 unspecified atom stereocenters. The van der Waals surface area contributed by atoms with Crippen LogP contribution in [0.3, 0.4) is 0 Å². The Morgan fingerprint density at radius 2 is 1.71 bits per heavy atom. The molecular weight excluding hydrogens is 338 g/mol. The molecule has 2 rings (SSSR count). The minimum Gasteiger partial charge on any atom is -0.363 e. The number of hydrogen-bond acceptors (Lipinski definition) is 5. The van der Waals surface area contributed by atoms with Crippen molar-refractivity contribution in [1.82, 2.24) is 14.7 Å². The fourth-order valence-electron chi connectivity index (χ4n) is 2.06. The van der Waals surface area contributed by atoms with Crippen molar-refractivity contribution in [2.24, 2.45) is 0 Å². The largest absolute Gasteiger partial charge is 0.363 e. The van der Waals surface area contributed by atoms with E-state index in [4.69, 9.17) is 0 Å². The molecular formula is C15H18F2N4O2S. The highest BCUT2D eigenvalue weighted by atomic mass is 32.2. The Morgan fingerprint density at radius 1 is 1.08 bits per heavy atom. The summed E-state index contributed by atoms with van der Waals surface area (Å²) in [7, 11) is -0.162. The van der Waals surface area contributed by atoms with Gasteiger partial charge in [0, 0.05) is 31.9 Å². The number of sulfonamides is 1. The maximum Gasteiger partial charge on any atom is 0.216 e. The van der Waals surface area contributed by atoms with E-state index >= 15 is 0 Å². The van der Waals surface area contributed by atoms with Gasteiger partial charge in [-0.15, -0.1) is 0 Å². The van der Waals surface area contributed by atoms with Crippen LogP contribution in [-0.4, -0.2) is 32.5 Å². The van der Waals surface area contributed by atoms with Gasteiger partial charge in [0.1, 0.15) is 23.3 Å². The molecule has 0 fully saturated rings. The van der Waals surface area contributed by atoms with Gasteiger partial charge in [-0.1, -0.05) is 0 Å². The van der Waals surface area contributed by atoms with Crippen LogP contribution in [0.1, 0.15) is 17.1 Å². The minimum atomic E-state index is -3.79. The molecule has 9 heteroatoms. The number of benzene rings is 1. The Hall–Kier alpha value is -2.13. The molecule has 0 aliphatic carbocycles. The van der Waals surface area contributed by atoms with Crippen LogP contribution in [0.25, 0.3) is 0 Å². The Balaban J connectivity index is 2.10. The van der Waals surface area contributed by atoms with E-state index in [2.05, 4.69) is 14.7 Å². The molecule has 0 aliphatic rings. The average Bonchev–Trinajstić information content (AvgIpc) is 2.43. The van der Waals surface area contributed by atoms with Gasteiger partial charge in [0.05, 0.1) is 12.3 Å². The summed E-state index contributed by atoms with van der Waals surface area (Å²) < 4.78 is 52.8. The number of rotatable bonds is 6. The van der Waals surface area contributed by atoms with Gasteiger partial charge in [-0.3, -0.25) is 0 Å². The van der Waals surface area contributed by atoms with Gasteiger partial charge in [0.2, 0.25) is 10.0 Å². The van der Waals surface area contributed by atoms with E-state index in [1.807, 2.05) is 14.1 Å². The molecule has 0 atom stereocenters.